The average Bonchev–Trinajstić information content (AvgIpc) is 3.18. The van der Waals surface area contributed by atoms with Gasteiger partial charge >= 0.3 is 0 Å². The molecule has 1 saturated heterocycles. The molecule has 0 bridgehead atoms. The second kappa shape index (κ2) is 8.13. The smallest absolute Gasteiger partial charge is 0.255 e. The number of aromatic nitrogens is 1. The summed E-state index contributed by atoms with van der Waals surface area (Å²) in [5.41, 5.74) is -0.387. The van der Waals surface area contributed by atoms with Crippen LogP contribution >= 0.6 is 0 Å². The Morgan fingerprint density at radius 1 is 1.16 bits per heavy atom. The minimum absolute atomic E-state index is 0.0423. The van der Waals surface area contributed by atoms with Gasteiger partial charge in [-0.1, -0.05) is 0 Å². The molecule has 32 heavy (non-hydrogen) atoms. The molecule has 0 radical (unpaired) electrons. The SMILES string of the molecule is O=C([O-])NCc1cc2cc(-c3ccc(C(=O)N4CCC(F)(F)CC4)cn3)c(F)c(F)c2o1. The molecule has 2 aromatic heterocycles. The number of hydrogen-bond acceptors (Lipinski definition) is 5. The molecule has 4 rings (SSSR count). The first-order valence-electron chi connectivity index (χ1n) is 9.63. The van der Waals surface area contributed by atoms with Crippen LogP contribution in [0.4, 0.5) is 22.4 Å². The van der Waals surface area contributed by atoms with Gasteiger partial charge in [0.2, 0.25) is 5.82 Å². The number of pyridine rings is 1. The lowest BCUT2D eigenvalue weighted by Crippen LogP contribution is -2.42. The van der Waals surface area contributed by atoms with Crippen LogP contribution < -0.4 is 10.4 Å². The van der Waals surface area contributed by atoms with Crippen LogP contribution in [0.1, 0.15) is 29.0 Å². The number of alkyl halides is 2. The number of halogens is 4. The van der Waals surface area contributed by atoms with Crippen LogP contribution in [0.5, 0.6) is 0 Å². The molecule has 168 valence electrons. The predicted octanol–water partition coefficient (Wildman–Crippen LogP) is 3.08. The Balaban J connectivity index is 1.58. The number of piperidine rings is 1. The van der Waals surface area contributed by atoms with E-state index in [2.05, 4.69) is 4.98 Å². The Morgan fingerprint density at radius 2 is 1.88 bits per heavy atom. The van der Waals surface area contributed by atoms with Crippen molar-refractivity contribution in [2.45, 2.75) is 25.3 Å². The first-order chi connectivity index (χ1) is 15.1. The Kier molecular flexibility index (Phi) is 5.49. The monoisotopic (exact) mass is 450 g/mol. The number of fused-ring (bicyclic) bond motifs is 1. The molecule has 0 unspecified atom stereocenters. The summed E-state index contributed by atoms with van der Waals surface area (Å²) < 4.78 is 60.9. The van der Waals surface area contributed by atoms with E-state index < -0.39 is 42.4 Å². The van der Waals surface area contributed by atoms with Gasteiger partial charge in [-0.15, -0.1) is 0 Å². The molecule has 1 aliphatic rings. The highest BCUT2D eigenvalue weighted by atomic mass is 19.3. The number of rotatable bonds is 4. The fraction of sp³-hybridized carbons (Fsp3) is 0.286. The summed E-state index contributed by atoms with van der Waals surface area (Å²) in [6, 6.07) is 5.33. The van der Waals surface area contributed by atoms with Gasteiger partial charge in [0.1, 0.15) is 11.9 Å². The largest absolute Gasteiger partial charge is 0.530 e. The van der Waals surface area contributed by atoms with Crippen LogP contribution in [0.2, 0.25) is 0 Å². The molecular formula is C21H16F4N3O4-. The highest BCUT2D eigenvalue weighted by Gasteiger charge is 2.35. The van der Waals surface area contributed by atoms with E-state index in [1.165, 1.54) is 35.4 Å². The summed E-state index contributed by atoms with van der Waals surface area (Å²) in [5, 5.41) is 12.6. The summed E-state index contributed by atoms with van der Waals surface area (Å²) in [7, 11) is 0. The fourth-order valence-electron chi connectivity index (χ4n) is 3.51. The third-order valence-corrected chi connectivity index (χ3v) is 5.22. The molecule has 7 nitrogen and oxygen atoms in total. The topological polar surface area (TPSA) is 98.5 Å². The maximum Gasteiger partial charge on any atom is 0.255 e. The first kappa shape index (κ1) is 21.6. The maximum atomic E-state index is 14.6. The number of likely N-dealkylation sites (tertiary alicyclic amines) is 1. The van der Waals surface area contributed by atoms with Crippen LogP contribution in [0.3, 0.4) is 0 Å². The number of hydrogen-bond donors (Lipinski definition) is 1. The summed E-state index contributed by atoms with van der Waals surface area (Å²) in [6.07, 6.45) is -1.20. The molecule has 0 atom stereocenters. The molecule has 2 amide bonds. The van der Waals surface area contributed by atoms with Gasteiger partial charge in [0, 0.05) is 43.1 Å². The molecule has 0 aliphatic carbocycles. The van der Waals surface area contributed by atoms with Gasteiger partial charge in [0.05, 0.1) is 17.8 Å². The Morgan fingerprint density at radius 3 is 2.50 bits per heavy atom. The van der Waals surface area contributed by atoms with E-state index in [1.807, 2.05) is 5.32 Å². The predicted molar refractivity (Wildman–Crippen MR) is 102 cm³/mol. The van der Waals surface area contributed by atoms with Crippen LogP contribution in [-0.4, -0.2) is 40.9 Å². The van der Waals surface area contributed by atoms with Gasteiger partial charge < -0.3 is 24.5 Å². The molecule has 1 aliphatic heterocycles. The van der Waals surface area contributed by atoms with Crippen molar-refractivity contribution in [3.63, 3.8) is 0 Å². The number of carboxylic acid groups (broad SMARTS) is 1. The Bertz CT molecular complexity index is 1180. The molecule has 0 saturated carbocycles. The fourth-order valence-corrected chi connectivity index (χ4v) is 3.51. The van der Waals surface area contributed by atoms with Gasteiger partial charge in [0.15, 0.2) is 11.4 Å². The third-order valence-electron chi connectivity index (χ3n) is 5.22. The van der Waals surface area contributed by atoms with Crippen LogP contribution in [0.15, 0.2) is 34.9 Å². The van der Waals surface area contributed by atoms with Crippen LogP contribution in [-0.2, 0) is 6.54 Å². The summed E-state index contributed by atoms with van der Waals surface area (Å²) in [5.74, 6) is -5.70. The first-order valence-corrected chi connectivity index (χ1v) is 9.63. The van der Waals surface area contributed by atoms with Crippen molar-refractivity contribution in [3.05, 3.63) is 53.4 Å². The lowest BCUT2D eigenvalue weighted by atomic mass is 10.0. The van der Waals surface area contributed by atoms with Crippen LogP contribution in [0.25, 0.3) is 22.2 Å². The maximum absolute atomic E-state index is 14.6. The van der Waals surface area contributed by atoms with Crippen molar-refractivity contribution in [2.24, 2.45) is 0 Å². The zero-order valence-electron chi connectivity index (χ0n) is 16.5. The van der Waals surface area contributed by atoms with Crippen molar-refractivity contribution < 1.29 is 36.7 Å². The molecule has 1 fully saturated rings. The minimum atomic E-state index is -2.79. The molecule has 3 heterocycles. The molecule has 1 aromatic carbocycles. The Labute approximate surface area is 178 Å². The van der Waals surface area contributed by atoms with Crippen LogP contribution in [0, 0.1) is 11.6 Å². The van der Waals surface area contributed by atoms with Gasteiger partial charge in [-0.2, -0.15) is 4.39 Å². The number of nitrogens with one attached hydrogen (secondary N) is 1. The molecule has 3 aromatic rings. The van der Waals surface area contributed by atoms with Gasteiger partial charge in [-0.25, -0.2) is 13.2 Å². The van der Waals surface area contributed by atoms with Gasteiger partial charge in [-0.3, -0.25) is 9.78 Å². The number of nitrogens with zero attached hydrogens (tertiary/aromatic N) is 2. The van der Waals surface area contributed by atoms with E-state index in [1.54, 1.807) is 0 Å². The number of furan rings is 1. The van der Waals surface area contributed by atoms with Crippen molar-refractivity contribution in [1.29, 1.82) is 0 Å². The second-order valence-electron chi connectivity index (χ2n) is 7.40. The lowest BCUT2D eigenvalue weighted by molar-refractivity contribution is -0.251. The van der Waals surface area contributed by atoms with Gasteiger partial charge in [0.25, 0.3) is 11.8 Å². The molecule has 11 heteroatoms. The summed E-state index contributed by atoms with van der Waals surface area (Å²) in [6.45, 7) is -0.454. The van der Waals surface area contributed by atoms with E-state index in [9.17, 15) is 32.3 Å². The van der Waals surface area contributed by atoms with Crippen molar-refractivity contribution >= 4 is 23.0 Å². The number of carbonyl (C=O) groups is 2. The quantitative estimate of drug-likeness (QED) is 0.616. The highest BCUT2D eigenvalue weighted by Crippen LogP contribution is 2.32. The summed E-state index contributed by atoms with van der Waals surface area (Å²) >= 11 is 0. The van der Waals surface area contributed by atoms with Crippen molar-refractivity contribution in [1.82, 2.24) is 15.2 Å². The minimum Gasteiger partial charge on any atom is -0.530 e. The average molecular weight is 450 g/mol. The zero-order chi connectivity index (χ0) is 23.0. The van der Waals surface area contributed by atoms with Crippen molar-refractivity contribution in [2.75, 3.05) is 13.1 Å². The van der Waals surface area contributed by atoms with E-state index >= 15 is 0 Å². The number of carbonyl (C=O) groups excluding carboxylic acids is 2. The second-order valence-corrected chi connectivity index (χ2v) is 7.40. The number of benzene rings is 1. The van der Waals surface area contributed by atoms with E-state index in [0.717, 1.165) is 0 Å². The van der Waals surface area contributed by atoms with E-state index in [0.29, 0.717) is 0 Å². The lowest BCUT2D eigenvalue weighted by Gasteiger charge is -2.31. The van der Waals surface area contributed by atoms with E-state index in [-0.39, 0.29) is 53.2 Å². The Hall–Kier alpha value is -3.63. The van der Waals surface area contributed by atoms with Crippen molar-refractivity contribution in [3.8, 4) is 11.3 Å². The zero-order valence-corrected chi connectivity index (χ0v) is 16.5. The standard InChI is InChI=1S/C21H17F4N3O4/c22-16-14(8-12-7-13(10-27-20(30)31)32-18(12)17(16)23)15-2-1-11(9-26-15)19(29)28-5-3-21(24,25)4-6-28/h1-2,7-9,27H,3-6,10H2,(H,30,31)/p-1. The summed E-state index contributed by atoms with van der Waals surface area (Å²) in [4.78, 5) is 28.3. The number of amides is 2. The highest BCUT2D eigenvalue weighted by molar-refractivity contribution is 5.94. The van der Waals surface area contributed by atoms with Gasteiger partial charge in [-0.05, 0) is 24.3 Å². The third kappa shape index (κ3) is 4.23. The normalized spacial score (nSPS) is 15.7. The molecule has 0 spiro atoms. The molecular weight excluding hydrogens is 434 g/mol. The van der Waals surface area contributed by atoms with E-state index in [4.69, 9.17) is 4.42 Å². The molecule has 1 N–H and O–H groups in total.